The Labute approximate surface area is 315 Å². The van der Waals surface area contributed by atoms with Gasteiger partial charge in [-0.05, 0) is 80.4 Å². The molecule has 0 N–H and O–H groups in total. The van der Waals surface area contributed by atoms with Gasteiger partial charge in [0.15, 0.2) is 17.5 Å². The fourth-order valence-corrected chi connectivity index (χ4v) is 6.87. The van der Waals surface area contributed by atoms with Crippen LogP contribution in [0, 0.1) is 0 Å². The molecule has 2 aromatic heterocycles. The zero-order valence-electron chi connectivity index (χ0n) is 29.4. The van der Waals surface area contributed by atoms with Gasteiger partial charge in [-0.1, -0.05) is 164 Å². The van der Waals surface area contributed by atoms with Crippen molar-refractivity contribution in [3.05, 3.63) is 207 Å². The van der Waals surface area contributed by atoms with Crippen LogP contribution < -0.4 is 0 Å². The number of hydrogen-bond acceptors (Lipinski definition) is 4. The van der Waals surface area contributed by atoms with Gasteiger partial charge in [-0.25, -0.2) is 15.0 Å². The first-order chi connectivity index (χ1) is 26.7. The first kappa shape index (κ1) is 32.6. The summed E-state index contributed by atoms with van der Waals surface area (Å²) in [5, 5.41) is 0. The lowest BCUT2D eigenvalue weighted by molar-refractivity contribution is 1.07. The second-order valence-corrected chi connectivity index (χ2v) is 13.1. The molecule has 9 rings (SSSR count). The van der Waals surface area contributed by atoms with Gasteiger partial charge in [0.2, 0.25) is 0 Å². The normalized spacial score (nSPS) is 11.0. The van der Waals surface area contributed by atoms with Gasteiger partial charge in [0, 0.05) is 34.6 Å². The molecule has 254 valence electrons. The topological polar surface area (TPSA) is 51.6 Å². The zero-order chi connectivity index (χ0) is 36.1. The van der Waals surface area contributed by atoms with Crippen LogP contribution in [0.3, 0.4) is 0 Å². The third-order valence-electron chi connectivity index (χ3n) is 9.63. The molecule has 0 saturated carbocycles. The van der Waals surface area contributed by atoms with E-state index in [4.69, 9.17) is 15.0 Å². The van der Waals surface area contributed by atoms with Crippen LogP contribution >= 0.6 is 0 Å². The van der Waals surface area contributed by atoms with Crippen molar-refractivity contribution in [2.45, 2.75) is 0 Å². The van der Waals surface area contributed by atoms with Crippen LogP contribution in [0.15, 0.2) is 207 Å². The van der Waals surface area contributed by atoms with Gasteiger partial charge in [0.05, 0.1) is 0 Å². The van der Waals surface area contributed by atoms with Crippen molar-refractivity contribution in [2.24, 2.45) is 0 Å². The number of benzene rings is 7. The summed E-state index contributed by atoms with van der Waals surface area (Å²) in [4.78, 5) is 19.4. The summed E-state index contributed by atoms with van der Waals surface area (Å²) in [5.41, 5.74) is 14.1. The molecule has 0 saturated heterocycles. The Hall–Kier alpha value is -7.30. The second kappa shape index (κ2) is 14.7. The second-order valence-electron chi connectivity index (χ2n) is 13.1. The Balaban J connectivity index is 1.14. The minimum absolute atomic E-state index is 0.610. The molecule has 0 aliphatic carbocycles. The molecular formula is C50H34N4. The van der Waals surface area contributed by atoms with Crippen LogP contribution in [0.4, 0.5) is 0 Å². The van der Waals surface area contributed by atoms with E-state index in [1.165, 1.54) is 22.3 Å². The predicted molar refractivity (Wildman–Crippen MR) is 221 cm³/mol. The van der Waals surface area contributed by atoms with Crippen LogP contribution in [0.2, 0.25) is 0 Å². The maximum Gasteiger partial charge on any atom is 0.164 e. The third-order valence-corrected chi connectivity index (χ3v) is 9.63. The van der Waals surface area contributed by atoms with Gasteiger partial charge in [0.25, 0.3) is 0 Å². The number of nitrogens with zero attached hydrogens (tertiary/aromatic N) is 4. The summed E-state index contributed by atoms with van der Waals surface area (Å²) >= 11 is 0. The number of pyridine rings is 1. The molecule has 0 spiro atoms. The van der Waals surface area contributed by atoms with E-state index in [1.54, 1.807) is 6.20 Å². The van der Waals surface area contributed by atoms with E-state index in [-0.39, 0.29) is 0 Å². The van der Waals surface area contributed by atoms with Gasteiger partial charge < -0.3 is 0 Å². The molecule has 0 atom stereocenters. The standard InChI is InChI=1S/C50H34N4/c1-5-14-37(15-6-1)46-28-27-41(33-47(46)38-16-7-2-8-17-38)35-23-25-36(26-24-35)43-30-44(42-22-13-29-51-34-42)32-45(31-43)50-53-48(39-18-9-3-10-19-39)52-49(54-50)40-20-11-4-12-21-40/h1-34H. The SMILES string of the molecule is c1ccc(-c2nc(-c3ccccc3)nc(-c3cc(-c4ccc(-c5ccc(-c6ccccc6)c(-c6ccccc6)c5)cc4)cc(-c4cccnc4)c3)n2)cc1. The summed E-state index contributed by atoms with van der Waals surface area (Å²) in [6.45, 7) is 0. The Kier molecular flexibility index (Phi) is 8.90. The van der Waals surface area contributed by atoms with Gasteiger partial charge in [-0.15, -0.1) is 0 Å². The molecule has 0 radical (unpaired) electrons. The van der Waals surface area contributed by atoms with Crippen molar-refractivity contribution in [2.75, 3.05) is 0 Å². The molecule has 0 aliphatic rings. The molecule has 54 heavy (non-hydrogen) atoms. The van der Waals surface area contributed by atoms with E-state index in [0.717, 1.165) is 50.1 Å². The molecule has 4 heteroatoms. The van der Waals surface area contributed by atoms with Crippen LogP contribution in [0.1, 0.15) is 0 Å². The maximum atomic E-state index is 5.05. The van der Waals surface area contributed by atoms with Gasteiger partial charge in [-0.2, -0.15) is 0 Å². The molecule has 0 aliphatic heterocycles. The minimum atomic E-state index is 0.610. The number of hydrogen-bond donors (Lipinski definition) is 0. The van der Waals surface area contributed by atoms with Crippen LogP contribution in [-0.2, 0) is 0 Å². The lowest BCUT2D eigenvalue weighted by Gasteiger charge is -2.14. The highest BCUT2D eigenvalue weighted by molar-refractivity contribution is 5.88. The molecule has 0 amide bonds. The number of rotatable bonds is 8. The maximum absolute atomic E-state index is 5.05. The van der Waals surface area contributed by atoms with E-state index >= 15 is 0 Å². The van der Waals surface area contributed by atoms with Crippen molar-refractivity contribution in [3.63, 3.8) is 0 Å². The summed E-state index contributed by atoms with van der Waals surface area (Å²) in [5.74, 6) is 1.87. The lowest BCUT2D eigenvalue weighted by Crippen LogP contribution is -2.00. The fraction of sp³-hybridized carbons (Fsp3) is 0. The van der Waals surface area contributed by atoms with Gasteiger partial charge in [-0.3, -0.25) is 4.98 Å². The van der Waals surface area contributed by atoms with Crippen molar-refractivity contribution >= 4 is 0 Å². The van der Waals surface area contributed by atoms with E-state index < -0.39 is 0 Å². The average molecular weight is 691 g/mol. The Morgan fingerprint density at radius 2 is 0.648 bits per heavy atom. The van der Waals surface area contributed by atoms with E-state index in [2.05, 4.69) is 132 Å². The molecule has 9 aromatic rings. The largest absolute Gasteiger partial charge is 0.264 e. The van der Waals surface area contributed by atoms with Gasteiger partial charge >= 0.3 is 0 Å². The van der Waals surface area contributed by atoms with Crippen molar-refractivity contribution in [1.82, 2.24) is 19.9 Å². The van der Waals surface area contributed by atoms with E-state index in [0.29, 0.717) is 17.5 Å². The first-order valence-corrected chi connectivity index (χ1v) is 18.0. The Morgan fingerprint density at radius 3 is 1.17 bits per heavy atom. The van der Waals surface area contributed by atoms with E-state index in [1.807, 2.05) is 72.9 Å². The average Bonchev–Trinajstić information content (AvgIpc) is 3.27. The highest BCUT2D eigenvalue weighted by Crippen LogP contribution is 2.37. The molecule has 4 nitrogen and oxygen atoms in total. The number of aromatic nitrogens is 4. The first-order valence-electron chi connectivity index (χ1n) is 18.0. The molecular weight excluding hydrogens is 657 g/mol. The van der Waals surface area contributed by atoms with Crippen molar-refractivity contribution < 1.29 is 0 Å². The van der Waals surface area contributed by atoms with E-state index in [9.17, 15) is 0 Å². The minimum Gasteiger partial charge on any atom is -0.264 e. The predicted octanol–water partition coefficient (Wildman–Crippen LogP) is 12.6. The monoisotopic (exact) mass is 690 g/mol. The third kappa shape index (κ3) is 6.84. The summed E-state index contributed by atoms with van der Waals surface area (Å²) < 4.78 is 0. The summed E-state index contributed by atoms with van der Waals surface area (Å²) in [6, 6.07) is 67.6. The fourth-order valence-electron chi connectivity index (χ4n) is 6.87. The summed E-state index contributed by atoms with van der Waals surface area (Å²) in [6.07, 6.45) is 3.69. The molecule has 0 unspecified atom stereocenters. The van der Waals surface area contributed by atoms with Crippen LogP contribution in [0.25, 0.3) is 89.8 Å². The molecule has 0 fully saturated rings. The smallest absolute Gasteiger partial charge is 0.164 e. The Morgan fingerprint density at radius 1 is 0.241 bits per heavy atom. The molecule has 2 heterocycles. The van der Waals surface area contributed by atoms with Crippen LogP contribution in [0.5, 0.6) is 0 Å². The summed E-state index contributed by atoms with van der Waals surface area (Å²) in [7, 11) is 0. The molecule has 0 bridgehead atoms. The van der Waals surface area contributed by atoms with Crippen molar-refractivity contribution in [3.8, 4) is 89.8 Å². The highest BCUT2D eigenvalue weighted by Gasteiger charge is 2.16. The molecule has 7 aromatic carbocycles. The lowest BCUT2D eigenvalue weighted by atomic mass is 9.90. The Bertz CT molecular complexity index is 2600. The van der Waals surface area contributed by atoms with Crippen molar-refractivity contribution in [1.29, 1.82) is 0 Å². The highest BCUT2D eigenvalue weighted by atomic mass is 15.0. The zero-order valence-corrected chi connectivity index (χ0v) is 29.4. The van der Waals surface area contributed by atoms with Gasteiger partial charge in [0.1, 0.15) is 0 Å². The van der Waals surface area contributed by atoms with Crippen LogP contribution in [-0.4, -0.2) is 19.9 Å². The quantitative estimate of drug-likeness (QED) is 0.159.